The van der Waals surface area contributed by atoms with Crippen molar-refractivity contribution < 1.29 is 9.53 Å². The maximum Gasteiger partial charge on any atom is 0.336 e. The van der Waals surface area contributed by atoms with E-state index in [1.807, 2.05) is 77.8 Å². The van der Waals surface area contributed by atoms with Crippen LogP contribution < -0.4 is 10.1 Å². The molecule has 1 amide bonds. The molecule has 2 atom stereocenters. The Bertz CT molecular complexity index is 1230. The molecule has 3 aromatic rings. The first-order valence-corrected chi connectivity index (χ1v) is 11.0. The first-order chi connectivity index (χ1) is 15.2. The molecular formula is C25H19N3O2S. The van der Waals surface area contributed by atoms with Crippen LogP contribution in [0, 0.1) is 0 Å². The van der Waals surface area contributed by atoms with Crippen LogP contribution in [0.3, 0.4) is 0 Å². The second-order valence-corrected chi connectivity index (χ2v) is 8.87. The molecule has 3 aromatic carbocycles. The fourth-order valence-electron chi connectivity index (χ4n) is 4.25. The van der Waals surface area contributed by atoms with Gasteiger partial charge < -0.3 is 4.74 Å². The summed E-state index contributed by atoms with van der Waals surface area (Å²) in [7, 11) is 0. The Morgan fingerprint density at radius 2 is 1.71 bits per heavy atom. The Labute approximate surface area is 184 Å². The topological polar surface area (TPSA) is 53.9 Å². The minimum Gasteiger partial charge on any atom is -0.439 e. The molecule has 3 aliphatic heterocycles. The molecule has 2 unspecified atom stereocenters. The summed E-state index contributed by atoms with van der Waals surface area (Å²) >= 11 is 1.37. The minimum atomic E-state index is -1.10. The Hall–Kier alpha value is -3.51. The number of fused-ring (bicyclic) bond motifs is 4. The Morgan fingerprint density at radius 3 is 2.52 bits per heavy atom. The largest absolute Gasteiger partial charge is 0.439 e. The summed E-state index contributed by atoms with van der Waals surface area (Å²) in [4.78, 5) is 13.6. The molecule has 0 aromatic heterocycles. The van der Waals surface area contributed by atoms with Crippen molar-refractivity contribution in [2.75, 3.05) is 0 Å². The van der Waals surface area contributed by atoms with Crippen molar-refractivity contribution in [1.29, 1.82) is 0 Å². The van der Waals surface area contributed by atoms with E-state index in [1.54, 1.807) is 0 Å². The van der Waals surface area contributed by atoms with Gasteiger partial charge in [-0.1, -0.05) is 78.9 Å². The fourth-order valence-corrected chi connectivity index (χ4v) is 5.42. The van der Waals surface area contributed by atoms with E-state index in [1.165, 1.54) is 11.8 Å². The standard InChI is InChI=1S/C25H19N3O2S/c29-24-23(15-17-9-3-1-4-10-17)31-25(26-24)28-21(19-13-7-8-14-22(19)30-25)16-20(27-28)18-11-5-2-6-12-18/h1-15,21H,16H2,(H,26,29)/b23-15+. The lowest BCUT2D eigenvalue weighted by Gasteiger charge is -2.43. The van der Waals surface area contributed by atoms with Crippen molar-refractivity contribution in [3.63, 3.8) is 0 Å². The molecule has 1 saturated heterocycles. The maximum atomic E-state index is 12.9. The van der Waals surface area contributed by atoms with Crippen LogP contribution in [-0.4, -0.2) is 21.8 Å². The summed E-state index contributed by atoms with van der Waals surface area (Å²) in [5.41, 5.74) is 4.12. The Kier molecular flexibility index (Phi) is 4.14. The summed E-state index contributed by atoms with van der Waals surface area (Å²) in [5.74, 6) is 0.623. The van der Waals surface area contributed by atoms with E-state index < -0.39 is 5.18 Å². The van der Waals surface area contributed by atoms with E-state index in [0.717, 1.165) is 34.6 Å². The van der Waals surface area contributed by atoms with Crippen molar-refractivity contribution >= 4 is 29.5 Å². The smallest absolute Gasteiger partial charge is 0.336 e. The molecular weight excluding hydrogens is 406 g/mol. The van der Waals surface area contributed by atoms with Gasteiger partial charge in [0.25, 0.3) is 5.91 Å². The molecule has 1 N–H and O–H groups in total. The molecule has 1 fully saturated rings. The lowest BCUT2D eigenvalue weighted by atomic mass is 9.97. The van der Waals surface area contributed by atoms with Gasteiger partial charge in [0, 0.05) is 12.0 Å². The van der Waals surface area contributed by atoms with Crippen LogP contribution in [0.25, 0.3) is 6.08 Å². The zero-order chi connectivity index (χ0) is 20.8. The molecule has 6 heteroatoms. The predicted molar refractivity (Wildman–Crippen MR) is 122 cm³/mol. The van der Waals surface area contributed by atoms with E-state index in [2.05, 4.69) is 23.5 Å². The second kappa shape index (κ2) is 7.03. The van der Waals surface area contributed by atoms with Gasteiger partial charge in [0.1, 0.15) is 5.75 Å². The van der Waals surface area contributed by atoms with Gasteiger partial charge in [-0.15, -0.1) is 0 Å². The van der Waals surface area contributed by atoms with Crippen LogP contribution >= 0.6 is 11.8 Å². The summed E-state index contributed by atoms with van der Waals surface area (Å²) in [5, 5.41) is 8.85. The highest BCUT2D eigenvalue weighted by Crippen LogP contribution is 2.53. The summed E-state index contributed by atoms with van der Waals surface area (Å²) in [6, 6.07) is 28.0. The van der Waals surface area contributed by atoms with Crippen molar-refractivity contribution in [3.8, 4) is 5.75 Å². The quantitative estimate of drug-likeness (QED) is 0.603. The lowest BCUT2D eigenvalue weighted by Crippen LogP contribution is -2.58. The van der Waals surface area contributed by atoms with E-state index in [4.69, 9.17) is 9.84 Å². The molecule has 3 aliphatic rings. The number of para-hydroxylation sites is 1. The van der Waals surface area contributed by atoms with Crippen molar-refractivity contribution in [2.24, 2.45) is 5.10 Å². The predicted octanol–water partition coefficient (Wildman–Crippen LogP) is 4.75. The SMILES string of the molecule is O=C1NC2(Oc3ccccc3C3CC(c4ccccc4)=NN32)S/C1=C/c1ccccc1. The molecule has 0 aliphatic carbocycles. The van der Waals surface area contributed by atoms with Crippen LogP contribution in [0.1, 0.15) is 29.2 Å². The minimum absolute atomic E-state index is 0.0102. The number of hydrogen-bond donors (Lipinski definition) is 1. The molecule has 152 valence electrons. The van der Waals surface area contributed by atoms with Gasteiger partial charge in [0.2, 0.25) is 0 Å². The third-order valence-electron chi connectivity index (χ3n) is 5.69. The van der Waals surface area contributed by atoms with E-state index >= 15 is 0 Å². The average molecular weight is 426 g/mol. The van der Waals surface area contributed by atoms with Crippen molar-refractivity contribution in [2.45, 2.75) is 17.6 Å². The Balaban J connectivity index is 1.43. The summed E-state index contributed by atoms with van der Waals surface area (Å²) < 4.78 is 6.43. The van der Waals surface area contributed by atoms with E-state index in [9.17, 15) is 4.79 Å². The number of thioether (sulfide) groups is 1. The summed E-state index contributed by atoms with van der Waals surface area (Å²) in [6.07, 6.45) is 2.64. The monoisotopic (exact) mass is 425 g/mol. The zero-order valence-corrected chi connectivity index (χ0v) is 17.4. The zero-order valence-electron chi connectivity index (χ0n) is 16.6. The van der Waals surface area contributed by atoms with Crippen molar-refractivity contribution in [3.05, 3.63) is 107 Å². The number of nitrogens with zero attached hydrogens (tertiary/aromatic N) is 2. The second-order valence-electron chi connectivity index (χ2n) is 7.67. The van der Waals surface area contributed by atoms with Crippen LogP contribution in [0.5, 0.6) is 5.75 Å². The normalized spacial score (nSPS) is 25.1. The highest BCUT2D eigenvalue weighted by Gasteiger charge is 2.57. The first-order valence-electron chi connectivity index (χ1n) is 10.2. The van der Waals surface area contributed by atoms with Gasteiger partial charge in [-0.2, -0.15) is 5.10 Å². The van der Waals surface area contributed by atoms with Crippen LogP contribution in [0.15, 0.2) is 94.9 Å². The van der Waals surface area contributed by atoms with Gasteiger partial charge in [-0.3, -0.25) is 10.1 Å². The number of carbonyl (C=O) groups is 1. The van der Waals surface area contributed by atoms with Gasteiger partial charge in [-0.25, -0.2) is 5.01 Å². The number of ether oxygens (including phenoxy) is 1. The fraction of sp³-hybridized carbons (Fsp3) is 0.120. The number of amides is 1. The van der Waals surface area contributed by atoms with Crippen molar-refractivity contribution in [1.82, 2.24) is 10.3 Å². The first kappa shape index (κ1) is 18.3. The van der Waals surface area contributed by atoms with E-state index in [-0.39, 0.29) is 11.9 Å². The van der Waals surface area contributed by atoms with Crippen LogP contribution in [0.2, 0.25) is 0 Å². The number of benzene rings is 3. The number of hydrazone groups is 1. The molecule has 31 heavy (non-hydrogen) atoms. The maximum absolute atomic E-state index is 12.9. The molecule has 0 bridgehead atoms. The average Bonchev–Trinajstić information content (AvgIpc) is 3.39. The Morgan fingerprint density at radius 1 is 1.00 bits per heavy atom. The molecule has 5 nitrogen and oxygen atoms in total. The molecule has 0 saturated carbocycles. The highest BCUT2D eigenvalue weighted by atomic mass is 32.2. The molecule has 6 rings (SSSR count). The van der Waals surface area contributed by atoms with Gasteiger partial charge in [0.15, 0.2) is 0 Å². The molecule has 0 radical (unpaired) electrons. The third-order valence-corrected chi connectivity index (χ3v) is 6.86. The molecule has 3 heterocycles. The summed E-state index contributed by atoms with van der Waals surface area (Å²) in [6.45, 7) is 0. The van der Waals surface area contributed by atoms with Gasteiger partial charge in [0.05, 0.1) is 16.7 Å². The molecule has 1 spiro atoms. The lowest BCUT2D eigenvalue weighted by molar-refractivity contribution is -0.127. The number of rotatable bonds is 2. The van der Waals surface area contributed by atoms with Crippen LogP contribution in [0.4, 0.5) is 0 Å². The third kappa shape index (κ3) is 3.02. The van der Waals surface area contributed by atoms with Gasteiger partial charge in [-0.05, 0) is 35.0 Å². The number of nitrogens with one attached hydrogen (secondary N) is 1. The van der Waals surface area contributed by atoms with Crippen LogP contribution in [-0.2, 0) is 4.79 Å². The number of carbonyl (C=O) groups excluding carboxylic acids is 1. The highest BCUT2D eigenvalue weighted by molar-refractivity contribution is 8.05. The number of hydrogen-bond acceptors (Lipinski definition) is 5. The van der Waals surface area contributed by atoms with Gasteiger partial charge >= 0.3 is 5.18 Å². The van der Waals surface area contributed by atoms with E-state index in [0.29, 0.717) is 4.91 Å².